The lowest BCUT2D eigenvalue weighted by Gasteiger charge is -2.39. The Bertz CT molecular complexity index is 385. The second-order valence-electron chi connectivity index (χ2n) is 5.55. The molecule has 0 aromatic heterocycles. The third-order valence-electron chi connectivity index (χ3n) is 4.00. The lowest BCUT2D eigenvalue weighted by atomic mass is 10.2. The molecule has 1 unspecified atom stereocenters. The first-order chi connectivity index (χ1) is 9.70. The van der Waals surface area contributed by atoms with Crippen LogP contribution in [0.2, 0.25) is 0 Å². The molecule has 20 heavy (non-hydrogen) atoms. The van der Waals surface area contributed by atoms with Gasteiger partial charge in [0.2, 0.25) is 0 Å². The molecule has 0 spiro atoms. The van der Waals surface area contributed by atoms with Gasteiger partial charge in [0.1, 0.15) is 5.82 Å². The van der Waals surface area contributed by atoms with Crippen LogP contribution in [-0.2, 0) is 0 Å². The largest absolute Gasteiger partial charge is 0.369 e. The third-order valence-corrected chi connectivity index (χ3v) is 4.00. The summed E-state index contributed by atoms with van der Waals surface area (Å²) in [6.07, 6.45) is 1.19. The van der Waals surface area contributed by atoms with Crippen molar-refractivity contribution in [2.45, 2.75) is 26.3 Å². The Balaban J connectivity index is 1.78. The molecule has 0 radical (unpaired) electrons. The molecular formula is C16H26FN3. The number of rotatable bonds is 6. The first-order valence-corrected chi connectivity index (χ1v) is 7.66. The molecule has 2 rings (SSSR count). The van der Waals surface area contributed by atoms with Crippen molar-refractivity contribution in [3.63, 3.8) is 0 Å². The number of piperazine rings is 1. The van der Waals surface area contributed by atoms with Crippen molar-refractivity contribution in [1.82, 2.24) is 10.2 Å². The highest BCUT2D eigenvalue weighted by Crippen LogP contribution is 2.17. The Labute approximate surface area is 121 Å². The highest BCUT2D eigenvalue weighted by molar-refractivity contribution is 5.46. The van der Waals surface area contributed by atoms with E-state index >= 15 is 0 Å². The Morgan fingerprint density at radius 3 is 2.40 bits per heavy atom. The van der Waals surface area contributed by atoms with Crippen LogP contribution >= 0.6 is 0 Å². The van der Waals surface area contributed by atoms with Gasteiger partial charge in [-0.05, 0) is 44.2 Å². The molecule has 1 aromatic carbocycles. The molecule has 0 amide bonds. The SMILES string of the molecule is CCCNCC(C)N1CCN(c2ccc(F)cc2)CC1. The molecule has 0 aliphatic carbocycles. The average molecular weight is 279 g/mol. The molecule has 1 N–H and O–H groups in total. The van der Waals surface area contributed by atoms with Gasteiger partial charge in [-0.3, -0.25) is 4.90 Å². The fraction of sp³-hybridized carbons (Fsp3) is 0.625. The fourth-order valence-corrected chi connectivity index (χ4v) is 2.69. The van der Waals surface area contributed by atoms with Gasteiger partial charge in [0.25, 0.3) is 0 Å². The molecule has 1 aliphatic heterocycles. The van der Waals surface area contributed by atoms with Crippen molar-refractivity contribution < 1.29 is 4.39 Å². The van der Waals surface area contributed by atoms with Gasteiger partial charge in [0.15, 0.2) is 0 Å². The zero-order valence-corrected chi connectivity index (χ0v) is 12.6. The second kappa shape index (κ2) is 7.60. The molecule has 112 valence electrons. The predicted molar refractivity (Wildman–Crippen MR) is 82.8 cm³/mol. The molecule has 1 aromatic rings. The quantitative estimate of drug-likeness (QED) is 0.806. The Hall–Kier alpha value is -1.13. The van der Waals surface area contributed by atoms with E-state index in [1.54, 1.807) is 12.1 Å². The number of hydrogen-bond donors (Lipinski definition) is 1. The molecule has 0 bridgehead atoms. The van der Waals surface area contributed by atoms with Crippen LogP contribution in [-0.4, -0.2) is 50.2 Å². The van der Waals surface area contributed by atoms with Crippen LogP contribution in [0.15, 0.2) is 24.3 Å². The fourth-order valence-electron chi connectivity index (χ4n) is 2.69. The van der Waals surface area contributed by atoms with Crippen LogP contribution in [0.4, 0.5) is 10.1 Å². The summed E-state index contributed by atoms with van der Waals surface area (Å²) >= 11 is 0. The highest BCUT2D eigenvalue weighted by atomic mass is 19.1. The maximum atomic E-state index is 12.9. The van der Waals surface area contributed by atoms with E-state index in [9.17, 15) is 4.39 Å². The summed E-state index contributed by atoms with van der Waals surface area (Å²) in [6.45, 7) is 10.8. The molecule has 0 saturated carbocycles. The molecular weight excluding hydrogens is 253 g/mol. The monoisotopic (exact) mass is 279 g/mol. The van der Waals surface area contributed by atoms with Crippen LogP contribution in [0.25, 0.3) is 0 Å². The van der Waals surface area contributed by atoms with Crippen LogP contribution in [0.3, 0.4) is 0 Å². The van der Waals surface area contributed by atoms with Gasteiger partial charge in [0.05, 0.1) is 0 Å². The van der Waals surface area contributed by atoms with Gasteiger partial charge < -0.3 is 10.2 Å². The zero-order valence-electron chi connectivity index (χ0n) is 12.6. The number of nitrogens with one attached hydrogen (secondary N) is 1. The molecule has 1 saturated heterocycles. The van der Waals surface area contributed by atoms with E-state index in [-0.39, 0.29) is 5.82 Å². The predicted octanol–water partition coefficient (Wildman–Crippen LogP) is 2.34. The van der Waals surface area contributed by atoms with E-state index in [0.29, 0.717) is 6.04 Å². The van der Waals surface area contributed by atoms with Crippen molar-refractivity contribution in [3.05, 3.63) is 30.1 Å². The summed E-state index contributed by atoms with van der Waals surface area (Å²) in [7, 11) is 0. The van der Waals surface area contributed by atoms with Gasteiger partial charge >= 0.3 is 0 Å². The maximum absolute atomic E-state index is 12.9. The Morgan fingerprint density at radius 1 is 1.15 bits per heavy atom. The van der Waals surface area contributed by atoms with Gasteiger partial charge in [-0.25, -0.2) is 4.39 Å². The van der Waals surface area contributed by atoms with Crippen LogP contribution in [0.1, 0.15) is 20.3 Å². The number of anilines is 1. The lowest BCUT2D eigenvalue weighted by Crippen LogP contribution is -2.52. The summed E-state index contributed by atoms with van der Waals surface area (Å²) in [5.74, 6) is -0.164. The number of nitrogens with zero attached hydrogens (tertiary/aromatic N) is 2. The summed E-state index contributed by atoms with van der Waals surface area (Å²) < 4.78 is 12.9. The van der Waals surface area contributed by atoms with E-state index in [1.807, 2.05) is 12.1 Å². The van der Waals surface area contributed by atoms with Crippen LogP contribution in [0, 0.1) is 5.82 Å². The highest BCUT2D eigenvalue weighted by Gasteiger charge is 2.20. The van der Waals surface area contributed by atoms with Gasteiger partial charge in [0, 0.05) is 44.5 Å². The van der Waals surface area contributed by atoms with E-state index < -0.39 is 0 Å². The van der Waals surface area contributed by atoms with Gasteiger partial charge in [-0.1, -0.05) is 6.92 Å². The van der Waals surface area contributed by atoms with Gasteiger partial charge in [-0.15, -0.1) is 0 Å². The van der Waals surface area contributed by atoms with Crippen molar-refractivity contribution in [1.29, 1.82) is 0 Å². The van der Waals surface area contributed by atoms with Crippen LogP contribution in [0.5, 0.6) is 0 Å². The van der Waals surface area contributed by atoms with Crippen molar-refractivity contribution in [2.24, 2.45) is 0 Å². The molecule has 1 atom stereocenters. The minimum atomic E-state index is -0.164. The average Bonchev–Trinajstić information content (AvgIpc) is 2.48. The summed E-state index contributed by atoms with van der Waals surface area (Å²) in [6, 6.07) is 7.41. The molecule has 1 fully saturated rings. The topological polar surface area (TPSA) is 18.5 Å². The van der Waals surface area contributed by atoms with Crippen LogP contribution < -0.4 is 10.2 Å². The van der Waals surface area contributed by atoms with Gasteiger partial charge in [-0.2, -0.15) is 0 Å². The summed E-state index contributed by atoms with van der Waals surface area (Å²) in [4.78, 5) is 4.87. The molecule has 1 aliphatic rings. The summed E-state index contributed by atoms with van der Waals surface area (Å²) in [5, 5.41) is 3.48. The van der Waals surface area contributed by atoms with Crippen molar-refractivity contribution in [2.75, 3.05) is 44.2 Å². The number of halogens is 1. The maximum Gasteiger partial charge on any atom is 0.123 e. The Morgan fingerprint density at radius 2 is 1.80 bits per heavy atom. The summed E-state index contributed by atoms with van der Waals surface area (Å²) in [5.41, 5.74) is 1.13. The first kappa shape index (κ1) is 15.3. The minimum Gasteiger partial charge on any atom is -0.369 e. The van der Waals surface area contributed by atoms with E-state index in [1.165, 1.54) is 6.42 Å². The standard InChI is InChI=1S/C16H26FN3/c1-3-8-18-13-14(2)19-9-11-20(12-10-19)16-6-4-15(17)5-7-16/h4-7,14,18H,3,8-13H2,1-2H3. The lowest BCUT2D eigenvalue weighted by molar-refractivity contribution is 0.193. The smallest absolute Gasteiger partial charge is 0.123 e. The van der Waals surface area contributed by atoms with E-state index in [4.69, 9.17) is 0 Å². The number of hydrogen-bond acceptors (Lipinski definition) is 3. The minimum absolute atomic E-state index is 0.164. The zero-order chi connectivity index (χ0) is 14.4. The van der Waals surface area contributed by atoms with E-state index in [2.05, 4.69) is 29.0 Å². The molecule has 1 heterocycles. The van der Waals surface area contributed by atoms with Crippen molar-refractivity contribution >= 4 is 5.69 Å². The van der Waals surface area contributed by atoms with E-state index in [0.717, 1.165) is 45.0 Å². The molecule has 4 heteroatoms. The first-order valence-electron chi connectivity index (χ1n) is 7.66. The van der Waals surface area contributed by atoms with Crippen molar-refractivity contribution in [3.8, 4) is 0 Å². The number of benzene rings is 1. The normalized spacial score (nSPS) is 18.2. The molecule has 3 nitrogen and oxygen atoms in total. The third kappa shape index (κ3) is 4.18. The Kier molecular flexibility index (Phi) is 5.80. The second-order valence-corrected chi connectivity index (χ2v) is 5.55.